The molecule has 0 N–H and O–H groups in total. The molecule has 0 saturated carbocycles. The number of rotatable bonds is 8. The molecule has 1 heterocycles. The Labute approximate surface area is 264 Å². The Bertz CT molecular complexity index is 1790. The first-order valence-corrected chi connectivity index (χ1v) is 15.4. The predicted octanol–water partition coefficient (Wildman–Crippen LogP) is 8.97. The first-order chi connectivity index (χ1) is 19.4. The minimum Gasteiger partial charge on any atom is -0.490 e. The number of hydrogen-bond donors (Lipinski definition) is 0. The largest absolute Gasteiger partial charge is 0.490 e. The smallest absolute Gasteiger partial charge is 0.282 e. The van der Waals surface area contributed by atoms with E-state index in [1.165, 1.54) is 4.68 Å². The van der Waals surface area contributed by atoms with Gasteiger partial charge < -0.3 is 9.47 Å². The lowest BCUT2D eigenvalue weighted by Gasteiger charge is -2.17. The van der Waals surface area contributed by atoms with E-state index < -0.39 is 0 Å². The molecule has 1 aromatic heterocycles. The number of benzene rings is 4. The van der Waals surface area contributed by atoms with Crippen molar-refractivity contribution in [2.45, 2.75) is 13.5 Å². The Balaban J connectivity index is 1.56. The van der Waals surface area contributed by atoms with Crippen LogP contribution in [0.2, 0.25) is 0 Å². The fourth-order valence-corrected chi connectivity index (χ4v) is 6.11. The lowest BCUT2D eigenvalue weighted by molar-refractivity contribution is 0.267. The standard InChI is InChI=1S/C30H21Br4N3O3/c1-2-39-25-14-20(26(33)27(34)28(25)40-17-19-12-13-21(31)15-23(19)32)16-35-37-29(18-8-4-3-5-9-18)36-24-11-7-6-10-22(24)30(37)38/h3-16H,2,17H2,1H3. The number of halogens is 4. The van der Waals surface area contributed by atoms with Crippen LogP contribution in [0.25, 0.3) is 22.3 Å². The Morgan fingerprint density at radius 1 is 0.900 bits per heavy atom. The molecule has 5 rings (SSSR count). The van der Waals surface area contributed by atoms with Crippen molar-refractivity contribution in [1.29, 1.82) is 0 Å². The van der Waals surface area contributed by atoms with Crippen LogP contribution in [-0.4, -0.2) is 22.5 Å². The van der Waals surface area contributed by atoms with Gasteiger partial charge in [0.15, 0.2) is 17.3 Å². The molecule has 4 aromatic carbocycles. The molecule has 40 heavy (non-hydrogen) atoms. The van der Waals surface area contributed by atoms with Crippen LogP contribution in [0.4, 0.5) is 0 Å². The van der Waals surface area contributed by atoms with E-state index >= 15 is 0 Å². The highest BCUT2D eigenvalue weighted by Crippen LogP contribution is 2.43. The molecule has 0 radical (unpaired) electrons. The van der Waals surface area contributed by atoms with E-state index in [9.17, 15) is 4.79 Å². The first-order valence-electron chi connectivity index (χ1n) is 12.2. The maximum Gasteiger partial charge on any atom is 0.282 e. The Hall–Kier alpha value is -2.79. The van der Waals surface area contributed by atoms with Crippen LogP contribution < -0.4 is 15.0 Å². The van der Waals surface area contributed by atoms with Crippen LogP contribution in [0.1, 0.15) is 18.1 Å². The molecule has 0 unspecified atom stereocenters. The lowest BCUT2D eigenvalue weighted by atomic mass is 10.2. The molecule has 0 aliphatic carbocycles. The van der Waals surface area contributed by atoms with E-state index in [2.05, 4.69) is 68.8 Å². The topological polar surface area (TPSA) is 65.7 Å². The zero-order valence-electron chi connectivity index (χ0n) is 21.1. The van der Waals surface area contributed by atoms with Crippen molar-refractivity contribution in [3.8, 4) is 22.9 Å². The summed E-state index contributed by atoms with van der Waals surface area (Å²) >= 11 is 14.4. The average Bonchev–Trinajstić information content (AvgIpc) is 2.96. The number of hydrogen-bond acceptors (Lipinski definition) is 5. The van der Waals surface area contributed by atoms with Crippen molar-refractivity contribution in [1.82, 2.24) is 9.66 Å². The Morgan fingerprint density at radius 3 is 2.40 bits per heavy atom. The van der Waals surface area contributed by atoms with Crippen LogP contribution in [-0.2, 0) is 6.61 Å². The maximum atomic E-state index is 13.5. The normalized spacial score (nSPS) is 11.3. The molecule has 0 spiro atoms. The number of nitrogens with zero attached hydrogens (tertiary/aromatic N) is 3. The van der Waals surface area contributed by atoms with Gasteiger partial charge in [-0.25, -0.2) is 4.98 Å². The minimum atomic E-state index is -0.263. The number of aromatic nitrogens is 2. The monoisotopic (exact) mass is 787 g/mol. The number of para-hydroxylation sites is 1. The molecule has 0 atom stereocenters. The van der Waals surface area contributed by atoms with E-state index in [-0.39, 0.29) is 5.56 Å². The Kier molecular flexibility index (Phi) is 9.20. The molecule has 0 aliphatic heterocycles. The number of ether oxygens (including phenoxy) is 2. The van der Waals surface area contributed by atoms with Gasteiger partial charge in [0.2, 0.25) is 0 Å². The third kappa shape index (κ3) is 6.10. The molecule has 0 saturated heterocycles. The highest BCUT2D eigenvalue weighted by molar-refractivity contribution is 9.13. The molecular formula is C30H21Br4N3O3. The molecule has 10 heteroatoms. The Morgan fingerprint density at radius 2 is 1.65 bits per heavy atom. The summed E-state index contributed by atoms with van der Waals surface area (Å²) in [5, 5.41) is 5.09. The molecular weight excluding hydrogens is 770 g/mol. The zero-order chi connectivity index (χ0) is 28.2. The summed E-state index contributed by atoms with van der Waals surface area (Å²) in [6.45, 7) is 2.67. The van der Waals surface area contributed by atoms with Crippen molar-refractivity contribution in [3.63, 3.8) is 0 Å². The first kappa shape index (κ1) is 28.7. The highest BCUT2D eigenvalue weighted by Gasteiger charge is 2.18. The van der Waals surface area contributed by atoms with E-state index in [0.717, 1.165) is 20.1 Å². The maximum absolute atomic E-state index is 13.5. The van der Waals surface area contributed by atoms with Crippen molar-refractivity contribution >= 4 is 80.8 Å². The summed E-state index contributed by atoms with van der Waals surface area (Å²) < 4.78 is 16.8. The van der Waals surface area contributed by atoms with Gasteiger partial charge in [-0.15, -0.1) is 0 Å². The summed E-state index contributed by atoms with van der Waals surface area (Å²) in [5.74, 6) is 1.54. The van der Waals surface area contributed by atoms with Crippen LogP contribution in [0, 0.1) is 0 Å². The number of fused-ring (bicyclic) bond motifs is 1. The minimum absolute atomic E-state index is 0.263. The van der Waals surface area contributed by atoms with Gasteiger partial charge in [0, 0.05) is 30.1 Å². The van der Waals surface area contributed by atoms with Crippen LogP contribution >= 0.6 is 63.7 Å². The fourth-order valence-electron chi connectivity index (χ4n) is 4.01. The second-order valence-electron chi connectivity index (χ2n) is 8.56. The van der Waals surface area contributed by atoms with Gasteiger partial charge in [0.1, 0.15) is 6.61 Å². The fraction of sp³-hybridized carbons (Fsp3) is 0.100. The summed E-state index contributed by atoms with van der Waals surface area (Å²) in [7, 11) is 0. The van der Waals surface area contributed by atoms with Crippen molar-refractivity contribution in [2.24, 2.45) is 5.10 Å². The summed E-state index contributed by atoms with van der Waals surface area (Å²) in [5.41, 5.74) is 2.79. The zero-order valence-corrected chi connectivity index (χ0v) is 27.4. The van der Waals surface area contributed by atoms with E-state index in [0.29, 0.717) is 55.9 Å². The molecule has 5 aromatic rings. The lowest BCUT2D eigenvalue weighted by Crippen LogP contribution is -2.20. The third-order valence-corrected chi connectivity index (χ3v) is 9.32. The SMILES string of the molecule is CCOc1cc(C=Nn2c(-c3ccccc3)nc3ccccc3c2=O)c(Br)c(Br)c1OCc1ccc(Br)cc1Br. The van der Waals surface area contributed by atoms with Gasteiger partial charge in [-0.3, -0.25) is 4.79 Å². The van der Waals surface area contributed by atoms with Gasteiger partial charge >= 0.3 is 0 Å². The highest BCUT2D eigenvalue weighted by atomic mass is 79.9. The molecule has 0 bridgehead atoms. The van der Waals surface area contributed by atoms with Crippen molar-refractivity contribution in [2.75, 3.05) is 6.61 Å². The van der Waals surface area contributed by atoms with Gasteiger partial charge in [0.05, 0.1) is 28.2 Å². The van der Waals surface area contributed by atoms with Crippen LogP contribution in [0.3, 0.4) is 0 Å². The average molecular weight is 791 g/mol. The molecule has 202 valence electrons. The quantitative estimate of drug-likeness (QED) is 0.147. The molecule has 0 amide bonds. The van der Waals surface area contributed by atoms with Crippen molar-refractivity contribution in [3.05, 3.63) is 118 Å². The van der Waals surface area contributed by atoms with E-state index in [1.54, 1.807) is 12.3 Å². The molecule has 0 fully saturated rings. The van der Waals surface area contributed by atoms with Crippen molar-refractivity contribution < 1.29 is 9.47 Å². The van der Waals surface area contributed by atoms with Gasteiger partial charge in [0.25, 0.3) is 5.56 Å². The van der Waals surface area contributed by atoms with Gasteiger partial charge in [-0.2, -0.15) is 9.78 Å². The summed E-state index contributed by atoms with van der Waals surface area (Å²) in [6, 6.07) is 24.5. The summed E-state index contributed by atoms with van der Waals surface area (Å²) in [4.78, 5) is 18.3. The van der Waals surface area contributed by atoms with E-state index in [4.69, 9.17) is 14.5 Å². The van der Waals surface area contributed by atoms with Crippen LogP contribution in [0.15, 0.2) is 107 Å². The van der Waals surface area contributed by atoms with Crippen LogP contribution in [0.5, 0.6) is 11.5 Å². The van der Waals surface area contributed by atoms with Gasteiger partial charge in [-0.05, 0) is 69.1 Å². The van der Waals surface area contributed by atoms with E-state index in [1.807, 2.05) is 79.7 Å². The summed E-state index contributed by atoms with van der Waals surface area (Å²) in [6.07, 6.45) is 1.61. The molecule has 6 nitrogen and oxygen atoms in total. The molecule has 0 aliphatic rings. The second-order valence-corrected chi connectivity index (χ2v) is 11.9. The predicted molar refractivity (Wildman–Crippen MR) is 174 cm³/mol. The van der Waals surface area contributed by atoms with Gasteiger partial charge in [-0.1, -0.05) is 80.4 Å². The third-order valence-electron chi connectivity index (χ3n) is 5.94. The second kappa shape index (κ2) is 12.8.